The lowest BCUT2D eigenvalue weighted by Gasteiger charge is -2.18. The number of alkyl halides is 3. The molecular formula is C13H12ClF3N2O3. The van der Waals surface area contributed by atoms with Crippen LogP contribution in [0.2, 0.25) is 5.02 Å². The molecule has 1 heterocycles. The summed E-state index contributed by atoms with van der Waals surface area (Å²) >= 11 is 5.86. The van der Waals surface area contributed by atoms with Crippen molar-refractivity contribution in [1.82, 2.24) is 4.90 Å². The Hall–Kier alpha value is -1.96. The Labute approximate surface area is 128 Å². The van der Waals surface area contributed by atoms with Gasteiger partial charge >= 0.3 is 12.1 Å². The molecule has 1 aliphatic rings. The molecule has 1 fully saturated rings. The molecule has 22 heavy (non-hydrogen) atoms. The Balaban J connectivity index is 2.27. The van der Waals surface area contributed by atoms with E-state index in [1.165, 1.54) is 18.2 Å². The summed E-state index contributed by atoms with van der Waals surface area (Å²) in [5.41, 5.74) is 5.78. The number of hydrogen-bond donors (Lipinski definition) is 2. The first-order valence-electron chi connectivity index (χ1n) is 6.25. The number of hydrogen-bond acceptors (Lipinski definition) is 3. The van der Waals surface area contributed by atoms with Crippen LogP contribution >= 0.6 is 11.6 Å². The van der Waals surface area contributed by atoms with Gasteiger partial charge in [-0.15, -0.1) is 0 Å². The topological polar surface area (TPSA) is 83.6 Å². The van der Waals surface area contributed by atoms with Crippen molar-refractivity contribution in [2.75, 3.05) is 18.8 Å². The van der Waals surface area contributed by atoms with Crippen LogP contribution in [0.15, 0.2) is 18.2 Å². The zero-order valence-electron chi connectivity index (χ0n) is 11.1. The highest BCUT2D eigenvalue weighted by Crippen LogP contribution is 2.38. The Morgan fingerprint density at radius 3 is 2.41 bits per heavy atom. The lowest BCUT2D eigenvalue weighted by atomic mass is 9.96. The fourth-order valence-corrected chi connectivity index (χ4v) is 2.70. The quantitative estimate of drug-likeness (QED) is 0.811. The third-order valence-corrected chi connectivity index (χ3v) is 3.88. The van der Waals surface area contributed by atoms with Crippen molar-refractivity contribution in [2.24, 2.45) is 11.8 Å². The van der Waals surface area contributed by atoms with E-state index >= 15 is 0 Å². The largest absolute Gasteiger partial charge is 0.481 e. The lowest BCUT2D eigenvalue weighted by Crippen LogP contribution is -2.34. The Morgan fingerprint density at radius 1 is 1.32 bits per heavy atom. The summed E-state index contributed by atoms with van der Waals surface area (Å²) in [6.07, 6.45) is -4.69. The number of carboxylic acids is 1. The summed E-state index contributed by atoms with van der Waals surface area (Å²) in [7, 11) is 0. The number of rotatable bonds is 2. The molecule has 0 saturated carbocycles. The molecule has 1 aromatic carbocycles. The summed E-state index contributed by atoms with van der Waals surface area (Å²) in [5.74, 6) is -6.11. The van der Waals surface area contributed by atoms with Crippen LogP contribution in [-0.2, 0) is 4.79 Å². The Kier molecular flexibility index (Phi) is 4.23. The molecule has 5 nitrogen and oxygen atoms in total. The number of likely N-dealkylation sites (tertiary alicyclic amines) is 1. The van der Waals surface area contributed by atoms with E-state index in [0.717, 1.165) is 4.90 Å². The zero-order valence-corrected chi connectivity index (χ0v) is 11.9. The fourth-order valence-electron chi connectivity index (χ4n) is 2.43. The second-order valence-electron chi connectivity index (χ2n) is 5.04. The lowest BCUT2D eigenvalue weighted by molar-refractivity contribution is -0.187. The Bertz CT molecular complexity index is 621. The van der Waals surface area contributed by atoms with Crippen LogP contribution < -0.4 is 5.73 Å². The van der Waals surface area contributed by atoms with Gasteiger partial charge in [0.05, 0.1) is 22.4 Å². The third-order valence-electron chi connectivity index (χ3n) is 3.57. The standard InChI is InChI=1S/C13H12ClF3N2O3/c14-10-3-6(18)1-2-7(10)11(20)19-4-8(12(21)22)9(5-19)13(15,16)17/h1-3,8-9H,4-5,18H2,(H,21,22)/t8-,9-/m1/s1. The number of nitrogens with two attached hydrogens (primary N) is 1. The summed E-state index contributed by atoms with van der Waals surface area (Å²) in [6.45, 7) is -1.22. The highest BCUT2D eigenvalue weighted by Gasteiger charge is 2.53. The van der Waals surface area contributed by atoms with Gasteiger partial charge in [0.15, 0.2) is 0 Å². The average molecular weight is 337 g/mol. The van der Waals surface area contributed by atoms with E-state index in [1.807, 2.05) is 0 Å². The van der Waals surface area contributed by atoms with E-state index in [-0.39, 0.29) is 10.6 Å². The van der Waals surface area contributed by atoms with Crippen molar-refractivity contribution in [2.45, 2.75) is 6.18 Å². The van der Waals surface area contributed by atoms with E-state index in [4.69, 9.17) is 22.4 Å². The number of aliphatic carboxylic acids is 1. The van der Waals surface area contributed by atoms with E-state index in [0.29, 0.717) is 5.69 Å². The predicted octanol–water partition coefficient (Wildman–Crippen LogP) is 2.26. The molecule has 0 aliphatic carbocycles. The van der Waals surface area contributed by atoms with Crippen molar-refractivity contribution in [3.63, 3.8) is 0 Å². The van der Waals surface area contributed by atoms with Gasteiger partial charge in [0.25, 0.3) is 5.91 Å². The van der Waals surface area contributed by atoms with E-state index in [1.54, 1.807) is 0 Å². The van der Waals surface area contributed by atoms with Crippen LogP contribution in [0.3, 0.4) is 0 Å². The number of benzene rings is 1. The van der Waals surface area contributed by atoms with Crippen LogP contribution in [0.4, 0.5) is 18.9 Å². The second-order valence-corrected chi connectivity index (χ2v) is 5.45. The van der Waals surface area contributed by atoms with Crippen LogP contribution in [0.25, 0.3) is 0 Å². The van der Waals surface area contributed by atoms with Gasteiger partial charge in [-0.1, -0.05) is 11.6 Å². The number of halogens is 4. The summed E-state index contributed by atoms with van der Waals surface area (Å²) in [5, 5.41) is 8.93. The number of anilines is 1. The SMILES string of the molecule is Nc1ccc(C(=O)N2C[C@@H](C(F)(F)F)[C@H](C(=O)O)C2)c(Cl)c1. The fraction of sp³-hybridized carbons (Fsp3) is 0.385. The predicted molar refractivity (Wildman–Crippen MR) is 72.4 cm³/mol. The molecule has 2 atom stereocenters. The van der Waals surface area contributed by atoms with Gasteiger partial charge in [0, 0.05) is 18.8 Å². The maximum atomic E-state index is 12.9. The number of amides is 1. The maximum Gasteiger partial charge on any atom is 0.394 e. The van der Waals surface area contributed by atoms with Crippen LogP contribution in [-0.4, -0.2) is 41.1 Å². The number of nitrogens with zero attached hydrogens (tertiary/aromatic N) is 1. The minimum Gasteiger partial charge on any atom is -0.481 e. The van der Waals surface area contributed by atoms with Gasteiger partial charge in [-0.3, -0.25) is 9.59 Å². The van der Waals surface area contributed by atoms with Crippen molar-refractivity contribution >= 4 is 29.2 Å². The molecule has 3 N–H and O–H groups in total. The van der Waals surface area contributed by atoms with E-state index in [2.05, 4.69) is 0 Å². The molecule has 2 rings (SSSR count). The maximum absolute atomic E-state index is 12.9. The molecule has 1 amide bonds. The first-order valence-corrected chi connectivity index (χ1v) is 6.63. The molecule has 0 unspecified atom stereocenters. The molecule has 1 saturated heterocycles. The smallest absolute Gasteiger partial charge is 0.394 e. The number of nitrogen functional groups attached to an aromatic ring is 1. The number of carbonyl (C=O) groups excluding carboxylic acids is 1. The molecule has 0 spiro atoms. The number of carboxylic acid groups (broad SMARTS) is 1. The molecule has 9 heteroatoms. The monoisotopic (exact) mass is 336 g/mol. The van der Waals surface area contributed by atoms with Gasteiger partial charge in [0.1, 0.15) is 0 Å². The van der Waals surface area contributed by atoms with Gasteiger partial charge in [-0.2, -0.15) is 13.2 Å². The molecule has 0 aromatic heterocycles. The van der Waals surface area contributed by atoms with Crippen molar-refractivity contribution < 1.29 is 27.9 Å². The highest BCUT2D eigenvalue weighted by molar-refractivity contribution is 6.34. The molecule has 1 aromatic rings. The average Bonchev–Trinajstić information content (AvgIpc) is 2.83. The van der Waals surface area contributed by atoms with Gasteiger partial charge in [-0.25, -0.2) is 0 Å². The van der Waals surface area contributed by atoms with Gasteiger partial charge in [-0.05, 0) is 18.2 Å². The van der Waals surface area contributed by atoms with E-state index < -0.39 is 43.0 Å². The normalized spacial score (nSPS) is 21.9. The molecule has 0 bridgehead atoms. The highest BCUT2D eigenvalue weighted by atomic mass is 35.5. The van der Waals surface area contributed by atoms with Crippen molar-refractivity contribution in [1.29, 1.82) is 0 Å². The molecule has 1 aliphatic heterocycles. The zero-order chi connectivity index (χ0) is 16.7. The summed E-state index contributed by atoms with van der Waals surface area (Å²) < 4.78 is 38.7. The van der Waals surface area contributed by atoms with Gasteiger partial charge in [0.2, 0.25) is 0 Å². The van der Waals surface area contributed by atoms with Crippen LogP contribution in [0.5, 0.6) is 0 Å². The molecule has 0 radical (unpaired) electrons. The number of carbonyl (C=O) groups is 2. The Morgan fingerprint density at radius 2 is 1.95 bits per heavy atom. The summed E-state index contributed by atoms with van der Waals surface area (Å²) in [4.78, 5) is 24.1. The van der Waals surface area contributed by atoms with Crippen molar-refractivity contribution in [3.8, 4) is 0 Å². The minimum atomic E-state index is -4.69. The minimum absolute atomic E-state index is 0.00679. The van der Waals surface area contributed by atoms with Gasteiger partial charge < -0.3 is 15.7 Å². The molecule has 120 valence electrons. The van der Waals surface area contributed by atoms with Crippen LogP contribution in [0.1, 0.15) is 10.4 Å². The van der Waals surface area contributed by atoms with Crippen LogP contribution in [0, 0.1) is 11.8 Å². The molecular weight excluding hydrogens is 325 g/mol. The first-order chi connectivity index (χ1) is 10.1. The first kappa shape index (κ1) is 16.4. The van der Waals surface area contributed by atoms with Crippen molar-refractivity contribution in [3.05, 3.63) is 28.8 Å². The third kappa shape index (κ3) is 3.11. The summed E-state index contributed by atoms with van der Waals surface area (Å²) in [6, 6.07) is 4.00. The second kappa shape index (κ2) is 5.68. The van der Waals surface area contributed by atoms with E-state index in [9.17, 15) is 22.8 Å².